The van der Waals surface area contributed by atoms with Gasteiger partial charge in [0.25, 0.3) is 5.69 Å². The number of para-hydroxylation sites is 1. The molecule has 0 saturated carbocycles. The van der Waals surface area contributed by atoms with Crippen LogP contribution in [0, 0.1) is 6.92 Å². The molecule has 3 heteroatoms. The maximum Gasteiger partial charge on any atom is 0.258 e. The number of hydrogen-bond acceptors (Lipinski definition) is 2. The van der Waals surface area contributed by atoms with Crippen LogP contribution in [0.2, 0.25) is 0 Å². The molecule has 0 bridgehead atoms. The number of rotatable bonds is 1. The van der Waals surface area contributed by atoms with Crippen LogP contribution in [0.25, 0.3) is 32.9 Å². The molecule has 0 fully saturated rings. The molecule has 5 rings (SSSR count). The fraction of sp³-hybridized carbons (Fsp3) is 0.136. The van der Waals surface area contributed by atoms with E-state index in [1.54, 1.807) is 11.8 Å². The zero-order valence-corrected chi connectivity index (χ0v) is 15.3. The van der Waals surface area contributed by atoms with Crippen molar-refractivity contribution in [2.24, 2.45) is 7.05 Å². The van der Waals surface area contributed by atoms with E-state index in [4.69, 9.17) is 4.74 Å². The number of ether oxygens (including phenoxy) is 1. The molecule has 3 aromatic carbocycles. The predicted molar refractivity (Wildman–Crippen MR) is 105 cm³/mol. The van der Waals surface area contributed by atoms with Gasteiger partial charge in [0.1, 0.15) is 12.8 Å². The number of nitrogens with zero attached hydrogens (tertiary/aromatic N) is 1. The Labute approximate surface area is 151 Å². The summed E-state index contributed by atoms with van der Waals surface area (Å²) in [6.45, 7) is 2.19. The molecule has 0 atom stereocenters. The second-order valence-corrected chi connectivity index (χ2v) is 7.32. The van der Waals surface area contributed by atoms with E-state index in [0.717, 1.165) is 11.5 Å². The number of fused-ring (bicyclic) bond motifs is 3. The summed E-state index contributed by atoms with van der Waals surface area (Å²) in [6.07, 6.45) is 2.12. The number of hydrogen-bond donors (Lipinski definition) is 0. The van der Waals surface area contributed by atoms with Crippen LogP contribution in [0.1, 0.15) is 5.56 Å². The molecule has 1 aliphatic heterocycles. The van der Waals surface area contributed by atoms with Crippen molar-refractivity contribution in [3.63, 3.8) is 0 Å². The highest BCUT2D eigenvalue weighted by Crippen LogP contribution is 2.50. The van der Waals surface area contributed by atoms with Crippen LogP contribution in [0.4, 0.5) is 0 Å². The quantitative estimate of drug-likeness (QED) is 0.289. The van der Waals surface area contributed by atoms with Crippen molar-refractivity contribution in [2.75, 3.05) is 6.26 Å². The Bertz CT molecular complexity index is 1180. The lowest BCUT2D eigenvalue weighted by molar-refractivity contribution is -0.634. The van der Waals surface area contributed by atoms with Gasteiger partial charge in [0.2, 0.25) is 11.3 Å². The Morgan fingerprint density at radius 1 is 0.960 bits per heavy atom. The maximum atomic E-state index is 6.47. The molecule has 0 radical (unpaired) electrons. The number of aryl methyl sites for hydroxylation is 2. The molecule has 0 N–H and O–H groups in total. The van der Waals surface area contributed by atoms with Gasteiger partial charge in [0, 0.05) is 11.5 Å². The average Bonchev–Trinajstić information content (AvgIpc) is 2.64. The third-order valence-electron chi connectivity index (χ3n) is 5.14. The van der Waals surface area contributed by atoms with Crippen LogP contribution in [0.3, 0.4) is 0 Å². The Morgan fingerprint density at radius 3 is 2.64 bits per heavy atom. The Morgan fingerprint density at radius 2 is 1.80 bits per heavy atom. The van der Waals surface area contributed by atoms with Gasteiger partial charge >= 0.3 is 0 Å². The molecule has 0 saturated heterocycles. The Kier molecular flexibility index (Phi) is 3.10. The summed E-state index contributed by atoms with van der Waals surface area (Å²) in [5, 5.41) is 3.68. The molecule has 2 heterocycles. The van der Waals surface area contributed by atoms with Crippen molar-refractivity contribution >= 4 is 33.4 Å². The van der Waals surface area contributed by atoms with Crippen LogP contribution in [-0.4, -0.2) is 6.26 Å². The zero-order chi connectivity index (χ0) is 17.1. The van der Waals surface area contributed by atoms with Crippen molar-refractivity contribution < 1.29 is 9.30 Å². The molecule has 122 valence electrons. The topological polar surface area (TPSA) is 13.1 Å². The van der Waals surface area contributed by atoms with E-state index in [-0.39, 0.29) is 0 Å². The number of benzene rings is 3. The first kappa shape index (κ1) is 14.8. The van der Waals surface area contributed by atoms with Crippen LogP contribution in [0.15, 0.2) is 59.5 Å². The minimum atomic E-state index is 0.953. The molecule has 2 nitrogen and oxygen atoms in total. The fourth-order valence-electron chi connectivity index (χ4n) is 3.99. The van der Waals surface area contributed by atoms with E-state index in [2.05, 4.69) is 79.4 Å². The van der Waals surface area contributed by atoms with Crippen LogP contribution in [0.5, 0.6) is 11.5 Å². The summed E-state index contributed by atoms with van der Waals surface area (Å²) in [4.78, 5) is 1.20. The summed E-state index contributed by atoms with van der Waals surface area (Å²) in [5.41, 5.74) is 4.97. The summed E-state index contributed by atoms with van der Waals surface area (Å²) in [6, 6.07) is 19.3. The van der Waals surface area contributed by atoms with Crippen LogP contribution in [-0.2, 0) is 7.05 Å². The first-order valence-corrected chi connectivity index (χ1v) is 9.62. The van der Waals surface area contributed by atoms with Gasteiger partial charge in [-0.25, -0.2) is 0 Å². The molecular formula is C22H18NOS+. The SMILES string of the molecule is CSc1c2c([n+](C)c3ccccc13)-c1c(C)ccc3cccc(c13)O2. The summed E-state index contributed by atoms with van der Waals surface area (Å²) in [5.74, 6) is 1.93. The summed E-state index contributed by atoms with van der Waals surface area (Å²) in [7, 11) is 2.14. The van der Waals surface area contributed by atoms with Gasteiger partial charge in [-0.3, -0.25) is 0 Å². The maximum absolute atomic E-state index is 6.47. The molecule has 0 spiro atoms. The first-order chi connectivity index (χ1) is 12.2. The molecule has 1 aromatic heterocycles. The molecule has 0 aliphatic carbocycles. The van der Waals surface area contributed by atoms with Crippen LogP contribution >= 0.6 is 11.8 Å². The highest BCUT2D eigenvalue weighted by atomic mass is 32.2. The summed E-state index contributed by atoms with van der Waals surface area (Å²) < 4.78 is 8.75. The molecule has 1 aliphatic rings. The van der Waals surface area contributed by atoms with E-state index in [9.17, 15) is 0 Å². The molecule has 0 unspecified atom stereocenters. The van der Waals surface area contributed by atoms with Crippen molar-refractivity contribution in [2.45, 2.75) is 11.8 Å². The van der Waals surface area contributed by atoms with Gasteiger partial charge in [-0.2, -0.15) is 4.57 Å². The summed E-state index contributed by atoms with van der Waals surface area (Å²) >= 11 is 1.75. The minimum Gasteiger partial charge on any atom is -0.448 e. The van der Waals surface area contributed by atoms with Crippen molar-refractivity contribution in [3.05, 3.63) is 60.2 Å². The van der Waals surface area contributed by atoms with E-state index in [1.807, 2.05) is 0 Å². The Hall–Kier alpha value is -2.52. The van der Waals surface area contributed by atoms with Gasteiger partial charge in [-0.1, -0.05) is 36.4 Å². The lowest BCUT2D eigenvalue weighted by Crippen LogP contribution is -2.34. The number of aromatic nitrogens is 1. The fourth-order valence-corrected chi connectivity index (χ4v) is 4.71. The Balaban J connectivity index is 2.05. The van der Waals surface area contributed by atoms with Crippen LogP contribution < -0.4 is 9.30 Å². The second-order valence-electron chi connectivity index (χ2n) is 6.50. The predicted octanol–water partition coefficient (Wildman–Crippen LogP) is 5.62. The third-order valence-corrected chi connectivity index (χ3v) is 5.95. The van der Waals surface area contributed by atoms with E-state index >= 15 is 0 Å². The zero-order valence-electron chi connectivity index (χ0n) is 14.5. The normalized spacial score (nSPS) is 12.3. The van der Waals surface area contributed by atoms with Crippen molar-refractivity contribution in [3.8, 4) is 22.8 Å². The van der Waals surface area contributed by atoms with E-state index in [1.165, 1.54) is 43.4 Å². The van der Waals surface area contributed by atoms with Crippen molar-refractivity contribution in [1.29, 1.82) is 0 Å². The lowest BCUT2D eigenvalue weighted by atomic mass is 9.93. The van der Waals surface area contributed by atoms with Gasteiger partial charge < -0.3 is 4.74 Å². The van der Waals surface area contributed by atoms with Gasteiger partial charge in [0.15, 0.2) is 0 Å². The van der Waals surface area contributed by atoms with Gasteiger partial charge in [-0.05, 0) is 36.3 Å². The third kappa shape index (κ3) is 1.90. The average molecular weight is 344 g/mol. The minimum absolute atomic E-state index is 0.953. The largest absolute Gasteiger partial charge is 0.448 e. The highest BCUT2D eigenvalue weighted by molar-refractivity contribution is 7.99. The highest BCUT2D eigenvalue weighted by Gasteiger charge is 2.33. The smallest absolute Gasteiger partial charge is 0.258 e. The lowest BCUT2D eigenvalue weighted by Gasteiger charge is -2.23. The van der Waals surface area contributed by atoms with Gasteiger partial charge in [-0.15, -0.1) is 11.8 Å². The number of pyridine rings is 1. The second kappa shape index (κ2) is 5.24. The van der Waals surface area contributed by atoms with Crippen molar-refractivity contribution in [1.82, 2.24) is 0 Å². The van der Waals surface area contributed by atoms with Gasteiger partial charge in [0.05, 0.1) is 15.8 Å². The van der Waals surface area contributed by atoms with E-state index < -0.39 is 0 Å². The molecule has 0 amide bonds. The van der Waals surface area contributed by atoms with E-state index in [0.29, 0.717) is 0 Å². The molecule has 4 aromatic rings. The molecular weight excluding hydrogens is 326 g/mol. The first-order valence-electron chi connectivity index (χ1n) is 8.40. The standard InChI is InChI=1S/C22H18NOS/c1-13-11-12-14-7-6-10-17-19(14)18(13)20-21(24-17)22(25-3)15-8-4-5-9-16(15)23(20)2/h4-12H,1-3H3/q+1. The monoisotopic (exact) mass is 344 g/mol. The molecule has 25 heavy (non-hydrogen) atoms. The number of thioether (sulfide) groups is 1.